The van der Waals surface area contributed by atoms with Crippen molar-refractivity contribution >= 4 is 27.5 Å². The molecule has 0 fully saturated rings. The van der Waals surface area contributed by atoms with Crippen molar-refractivity contribution in [1.29, 1.82) is 0 Å². The van der Waals surface area contributed by atoms with Gasteiger partial charge in [0.25, 0.3) is 11.8 Å². The van der Waals surface area contributed by atoms with Gasteiger partial charge in [-0.25, -0.2) is 12.7 Å². The molecular weight excluding hydrogens is 398 g/mol. The maximum Gasteiger partial charge on any atom is 0.262 e. The third kappa shape index (κ3) is 5.46. The Morgan fingerprint density at radius 3 is 2.38 bits per heavy atom. The Labute approximate surface area is 169 Å². The molecule has 0 heterocycles. The van der Waals surface area contributed by atoms with Crippen molar-refractivity contribution in [2.24, 2.45) is 5.73 Å². The number of sulfonamides is 1. The van der Waals surface area contributed by atoms with Crippen LogP contribution in [0.4, 0.5) is 5.69 Å². The third-order valence-electron chi connectivity index (χ3n) is 3.80. The van der Waals surface area contributed by atoms with E-state index in [0.29, 0.717) is 0 Å². The van der Waals surface area contributed by atoms with Gasteiger partial charge >= 0.3 is 0 Å². The average molecular weight is 421 g/mol. The van der Waals surface area contributed by atoms with Gasteiger partial charge in [0.2, 0.25) is 10.0 Å². The summed E-state index contributed by atoms with van der Waals surface area (Å²) in [6.07, 6.45) is 0. The van der Waals surface area contributed by atoms with Crippen molar-refractivity contribution in [3.63, 3.8) is 0 Å². The van der Waals surface area contributed by atoms with Crippen molar-refractivity contribution in [3.8, 4) is 11.5 Å². The van der Waals surface area contributed by atoms with Gasteiger partial charge in [-0.3, -0.25) is 9.59 Å². The Kier molecular flexibility index (Phi) is 7.18. The number of para-hydroxylation sites is 1. The van der Waals surface area contributed by atoms with Gasteiger partial charge in [-0.1, -0.05) is 12.1 Å². The highest BCUT2D eigenvalue weighted by atomic mass is 32.2. The van der Waals surface area contributed by atoms with Crippen LogP contribution in [0.15, 0.2) is 47.4 Å². The van der Waals surface area contributed by atoms with Crippen molar-refractivity contribution in [3.05, 3.63) is 48.0 Å². The molecule has 2 aromatic rings. The first kappa shape index (κ1) is 22.2. The Balaban J connectivity index is 2.18. The lowest BCUT2D eigenvalue weighted by Crippen LogP contribution is -2.24. The van der Waals surface area contributed by atoms with E-state index in [0.717, 1.165) is 4.31 Å². The van der Waals surface area contributed by atoms with Gasteiger partial charge in [-0.15, -0.1) is 0 Å². The molecule has 9 nitrogen and oxygen atoms in total. The summed E-state index contributed by atoms with van der Waals surface area (Å²) in [5, 5.41) is 2.56. The average Bonchev–Trinajstić information content (AvgIpc) is 2.67. The fraction of sp³-hybridized carbons (Fsp3) is 0.263. The molecule has 0 radical (unpaired) electrons. The highest BCUT2D eigenvalue weighted by Gasteiger charge is 2.23. The molecule has 0 saturated heterocycles. The molecule has 156 valence electrons. The number of primary amides is 1. The zero-order chi connectivity index (χ0) is 21.6. The zero-order valence-electron chi connectivity index (χ0n) is 16.3. The summed E-state index contributed by atoms with van der Waals surface area (Å²) in [6, 6.07) is 10.6. The summed E-state index contributed by atoms with van der Waals surface area (Å²) in [7, 11) is -0.978. The van der Waals surface area contributed by atoms with Crippen LogP contribution in [0, 0.1) is 0 Å². The quantitative estimate of drug-likeness (QED) is 0.631. The first-order chi connectivity index (χ1) is 13.7. The molecule has 3 N–H and O–H groups in total. The van der Waals surface area contributed by atoms with E-state index in [1.54, 1.807) is 19.1 Å². The monoisotopic (exact) mass is 421 g/mol. The summed E-state index contributed by atoms with van der Waals surface area (Å²) in [5.74, 6) is -0.851. The molecule has 2 amide bonds. The lowest BCUT2D eigenvalue weighted by molar-refractivity contribution is -0.118. The summed E-state index contributed by atoms with van der Waals surface area (Å²) in [6.45, 7) is 1.63. The second-order valence-corrected chi connectivity index (χ2v) is 8.20. The maximum absolute atomic E-state index is 12.5. The van der Waals surface area contributed by atoms with Crippen molar-refractivity contribution in [2.45, 2.75) is 11.8 Å². The van der Waals surface area contributed by atoms with E-state index in [4.69, 9.17) is 15.2 Å². The summed E-state index contributed by atoms with van der Waals surface area (Å²) in [4.78, 5) is 23.6. The Bertz CT molecular complexity index is 1000. The van der Waals surface area contributed by atoms with Crippen LogP contribution < -0.4 is 20.5 Å². The van der Waals surface area contributed by atoms with Gasteiger partial charge < -0.3 is 20.5 Å². The molecule has 0 unspecified atom stereocenters. The first-order valence-electron chi connectivity index (χ1n) is 8.67. The summed E-state index contributed by atoms with van der Waals surface area (Å²) < 4.78 is 36.9. The number of ether oxygens (including phenoxy) is 2. The van der Waals surface area contributed by atoms with Crippen LogP contribution in [-0.4, -0.2) is 51.8 Å². The summed E-state index contributed by atoms with van der Waals surface area (Å²) >= 11 is 0. The topological polar surface area (TPSA) is 128 Å². The highest BCUT2D eigenvalue weighted by molar-refractivity contribution is 7.89. The molecule has 0 aliphatic carbocycles. The highest BCUT2D eigenvalue weighted by Crippen LogP contribution is 2.29. The Hall–Kier alpha value is -3.11. The lowest BCUT2D eigenvalue weighted by Gasteiger charge is -2.17. The van der Waals surface area contributed by atoms with Crippen LogP contribution in [0.5, 0.6) is 11.5 Å². The van der Waals surface area contributed by atoms with Gasteiger partial charge in [-0.05, 0) is 37.3 Å². The van der Waals surface area contributed by atoms with E-state index in [-0.39, 0.29) is 34.3 Å². The van der Waals surface area contributed by atoms with Gasteiger partial charge in [0.15, 0.2) is 6.61 Å². The van der Waals surface area contributed by atoms with Crippen molar-refractivity contribution in [1.82, 2.24) is 4.31 Å². The van der Waals surface area contributed by atoms with Crippen LogP contribution in [-0.2, 0) is 14.8 Å². The number of nitrogens with two attached hydrogens (primary N) is 1. The van der Waals surface area contributed by atoms with E-state index in [1.165, 1.54) is 44.4 Å². The number of nitrogens with zero attached hydrogens (tertiary/aromatic N) is 1. The van der Waals surface area contributed by atoms with E-state index in [2.05, 4.69) is 5.32 Å². The fourth-order valence-electron chi connectivity index (χ4n) is 2.40. The number of carbonyl (C=O) groups is 2. The molecule has 0 aliphatic rings. The van der Waals surface area contributed by atoms with Crippen LogP contribution in [0.3, 0.4) is 0 Å². The SMILES string of the molecule is CCOc1ccc(NC(=O)COc2ccccc2C(N)=O)cc1S(=O)(=O)N(C)C. The largest absolute Gasteiger partial charge is 0.492 e. The minimum absolute atomic E-state index is 0.0675. The van der Waals surface area contributed by atoms with Crippen LogP contribution >= 0.6 is 0 Å². The maximum atomic E-state index is 12.5. The standard InChI is InChI=1S/C19H23N3O6S/c1-4-27-16-10-9-13(11-17(16)29(25,26)22(2)3)21-18(23)12-28-15-8-6-5-7-14(15)19(20)24/h5-11H,4,12H2,1-3H3,(H2,20,24)(H,21,23). The minimum Gasteiger partial charge on any atom is -0.492 e. The third-order valence-corrected chi connectivity index (χ3v) is 5.63. The minimum atomic E-state index is -3.78. The number of nitrogens with one attached hydrogen (secondary N) is 1. The number of hydrogen-bond donors (Lipinski definition) is 2. The first-order valence-corrected chi connectivity index (χ1v) is 10.1. The van der Waals surface area contributed by atoms with Gasteiger partial charge in [-0.2, -0.15) is 0 Å². The molecule has 0 bridgehead atoms. The van der Waals surface area contributed by atoms with Crippen molar-refractivity contribution in [2.75, 3.05) is 32.6 Å². The lowest BCUT2D eigenvalue weighted by atomic mass is 10.2. The molecule has 0 saturated carbocycles. The number of rotatable bonds is 9. The molecule has 0 aromatic heterocycles. The van der Waals surface area contributed by atoms with E-state index in [1.807, 2.05) is 0 Å². The van der Waals surface area contributed by atoms with Gasteiger partial charge in [0.05, 0.1) is 12.2 Å². The zero-order valence-corrected chi connectivity index (χ0v) is 17.2. The Morgan fingerprint density at radius 1 is 1.07 bits per heavy atom. The normalized spacial score (nSPS) is 11.2. The molecule has 29 heavy (non-hydrogen) atoms. The van der Waals surface area contributed by atoms with Crippen LogP contribution in [0.2, 0.25) is 0 Å². The predicted octanol–water partition coefficient (Wildman–Crippen LogP) is 1.45. The van der Waals surface area contributed by atoms with Crippen molar-refractivity contribution < 1.29 is 27.5 Å². The molecular formula is C19H23N3O6S. The molecule has 0 spiro atoms. The smallest absolute Gasteiger partial charge is 0.262 e. The van der Waals surface area contributed by atoms with Crippen LogP contribution in [0.25, 0.3) is 0 Å². The fourth-order valence-corrected chi connectivity index (χ4v) is 3.45. The number of hydrogen-bond acceptors (Lipinski definition) is 6. The molecule has 2 aromatic carbocycles. The second-order valence-electron chi connectivity index (χ2n) is 6.08. The number of benzene rings is 2. The van der Waals surface area contributed by atoms with Gasteiger partial charge in [0.1, 0.15) is 16.4 Å². The Morgan fingerprint density at radius 2 is 1.76 bits per heavy atom. The second kappa shape index (κ2) is 9.39. The number of anilines is 1. The van der Waals surface area contributed by atoms with Gasteiger partial charge in [0, 0.05) is 19.8 Å². The van der Waals surface area contributed by atoms with E-state index < -0.39 is 28.4 Å². The van der Waals surface area contributed by atoms with Crippen LogP contribution in [0.1, 0.15) is 17.3 Å². The number of carbonyl (C=O) groups excluding carboxylic acids is 2. The predicted molar refractivity (Wildman–Crippen MR) is 108 cm³/mol. The molecule has 2 rings (SSSR count). The summed E-state index contributed by atoms with van der Waals surface area (Å²) in [5.41, 5.74) is 5.68. The molecule has 10 heteroatoms. The van der Waals surface area contributed by atoms with E-state index in [9.17, 15) is 18.0 Å². The van der Waals surface area contributed by atoms with E-state index >= 15 is 0 Å². The molecule has 0 atom stereocenters. The molecule has 0 aliphatic heterocycles. The number of amides is 2.